The second-order valence-corrected chi connectivity index (χ2v) is 7.68. The summed E-state index contributed by atoms with van der Waals surface area (Å²) < 4.78 is 1.69. The number of para-hydroxylation sites is 1. The fourth-order valence-electron chi connectivity index (χ4n) is 3.61. The molecule has 2 N–H and O–H groups in total. The molecular weight excluding hydrogens is 424 g/mol. The molecule has 0 bridgehead atoms. The number of pyridine rings is 1. The summed E-state index contributed by atoms with van der Waals surface area (Å²) in [7, 11) is 0. The Labute approximate surface area is 196 Å². The highest BCUT2D eigenvalue weighted by atomic mass is 16.1. The molecule has 34 heavy (non-hydrogen) atoms. The van der Waals surface area contributed by atoms with Gasteiger partial charge in [0, 0.05) is 23.9 Å². The van der Waals surface area contributed by atoms with Crippen molar-refractivity contribution in [1.82, 2.24) is 19.9 Å². The smallest absolute Gasteiger partial charge is 0.251 e. The molecule has 164 valence electrons. The van der Waals surface area contributed by atoms with Crippen molar-refractivity contribution in [2.45, 2.75) is 6.54 Å². The van der Waals surface area contributed by atoms with Gasteiger partial charge >= 0.3 is 0 Å². The van der Waals surface area contributed by atoms with Gasteiger partial charge in [0.2, 0.25) is 5.95 Å². The van der Waals surface area contributed by atoms with Crippen LogP contribution in [0.3, 0.4) is 0 Å². The van der Waals surface area contributed by atoms with Crippen LogP contribution in [0, 0.1) is 11.3 Å². The predicted molar refractivity (Wildman–Crippen MR) is 130 cm³/mol. The Kier molecular flexibility index (Phi) is 5.70. The summed E-state index contributed by atoms with van der Waals surface area (Å²) in [6.07, 6.45) is 1.88. The molecule has 0 radical (unpaired) electrons. The molecule has 5 rings (SSSR count). The van der Waals surface area contributed by atoms with E-state index in [1.807, 2.05) is 91.1 Å². The highest BCUT2D eigenvalue weighted by Crippen LogP contribution is 2.22. The number of nitrogens with zero attached hydrogens (tertiary/aromatic N) is 4. The largest absolute Gasteiger partial charge is 0.348 e. The minimum Gasteiger partial charge on any atom is -0.348 e. The number of carbonyl (C=O) groups is 1. The molecule has 0 aliphatic rings. The van der Waals surface area contributed by atoms with Crippen LogP contribution in [0.5, 0.6) is 0 Å². The maximum Gasteiger partial charge on any atom is 0.251 e. The molecule has 7 heteroatoms. The molecule has 0 saturated heterocycles. The summed E-state index contributed by atoms with van der Waals surface area (Å²) in [6, 6.07) is 30.5. The van der Waals surface area contributed by atoms with Gasteiger partial charge in [0.25, 0.3) is 5.91 Å². The first-order valence-corrected chi connectivity index (χ1v) is 10.7. The van der Waals surface area contributed by atoms with E-state index in [0.29, 0.717) is 35.0 Å². The highest BCUT2D eigenvalue weighted by molar-refractivity contribution is 5.94. The molecule has 0 aliphatic carbocycles. The van der Waals surface area contributed by atoms with Crippen LogP contribution in [0.1, 0.15) is 21.5 Å². The molecule has 0 aliphatic heterocycles. The molecule has 0 fully saturated rings. The molecule has 1 amide bonds. The third-order valence-corrected chi connectivity index (χ3v) is 5.40. The van der Waals surface area contributed by atoms with Crippen molar-refractivity contribution in [1.29, 1.82) is 5.26 Å². The Balaban J connectivity index is 1.31. The van der Waals surface area contributed by atoms with E-state index in [0.717, 1.165) is 16.7 Å². The molecule has 7 nitrogen and oxygen atoms in total. The van der Waals surface area contributed by atoms with E-state index in [4.69, 9.17) is 0 Å². The monoisotopic (exact) mass is 444 g/mol. The third kappa shape index (κ3) is 4.47. The highest BCUT2D eigenvalue weighted by Gasteiger charge is 2.09. The summed E-state index contributed by atoms with van der Waals surface area (Å²) in [5.41, 5.74) is 5.41. The summed E-state index contributed by atoms with van der Waals surface area (Å²) in [6.45, 7) is 0.486. The van der Waals surface area contributed by atoms with Gasteiger partial charge < -0.3 is 10.6 Å². The van der Waals surface area contributed by atoms with E-state index in [2.05, 4.69) is 26.8 Å². The van der Waals surface area contributed by atoms with Gasteiger partial charge in [-0.25, -0.2) is 4.52 Å². The maximum atomic E-state index is 12.5. The minimum atomic E-state index is -0.115. The fraction of sp³-hybridized carbons (Fsp3) is 0.0370. The standard InChI is InChI=1S/C27H20N6O/c28-16-22-8-4-5-9-24(22)30-27-31-25-15-14-23(18-33(25)32-27)20-10-12-21(13-11-20)26(34)29-17-19-6-2-1-3-7-19/h1-15,18H,17H2,(H,29,34)(H,30,32). The lowest BCUT2D eigenvalue weighted by Crippen LogP contribution is -2.22. The molecule has 3 aromatic carbocycles. The Morgan fingerprint density at radius 1 is 0.882 bits per heavy atom. The zero-order valence-corrected chi connectivity index (χ0v) is 18.1. The molecule has 0 unspecified atom stereocenters. The molecule has 5 aromatic rings. The van der Waals surface area contributed by atoms with Gasteiger partial charge in [-0.15, -0.1) is 5.10 Å². The van der Waals surface area contributed by atoms with Gasteiger partial charge in [0.15, 0.2) is 5.65 Å². The van der Waals surface area contributed by atoms with Crippen molar-refractivity contribution in [3.8, 4) is 17.2 Å². The molecule has 0 atom stereocenters. The average molecular weight is 444 g/mol. The lowest BCUT2D eigenvalue weighted by atomic mass is 10.1. The van der Waals surface area contributed by atoms with Gasteiger partial charge in [-0.1, -0.05) is 54.6 Å². The zero-order valence-electron chi connectivity index (χ0n) is 18.1. The van der Waals surface area contributed by atoms with E-state index in [9.17, 15) is 10.1 Å². The van der Waals surface area contributed by atoms with Gasteiger partial charge in [-0.3, -0.25) is 4.79 Å². The number of nitrogens with one attached hydrogen (secondary N) is 2. The minimum absolute atomic E-state index is 0.115. The number of carbonyl (C=O) groups excluding carboxylic acids is 1. The van der Waals surface area contributed by atoms with E-state index in [1.54, 1.807) is 10.6 Å². The van der Waals surface area contributed by atoms with Crippen molar-refractivity contribution in [2.75, 3.05) is 5.32 Å². The quantitative estimate of drug-likeness (QED) is 0.387. The van der Waals surface area contributed by atoms with Crippen LogP contribution in [-0.4, -0.2) is 20.5 Å². The van der Waals surface area contributed by atoms with Crippen LogP contribution >= 0.6 is 0 Å². The Morgan fingerprint density at radius 2 is 1.62 bits per heavy atom. The number of nitriles is 1. The van der Waals surface area contributed by atoms with Crippen molar-refractivity contribution < 1.29 is 4.79 Å². The number of hydrogen-bond acceptors (Lipinski definition) is 5. The SMILES string of the molecule is N#Cc1ccccc1Nc1nc2ccc(-c3ccc(C(=O)NCc4ccccc4)cc3)cn2n1. The number of fused-ring (bicyclic) bond motifs is 1. The molecule has 2 aromatic heterocycles. The van der Waals surface area contributed by atoms with Crippen LogP contribution in [0.25, 0.3) is 16.8 Å². The lowest BCUT2D eigenvalue weighted by molar-refractivity contribution is 0.0951. The summed E-state index contributed by atoms with van der Waals surface area (Å²) in [5.74, 6) is 0.292. The number of rotatable bonds is 6. The van der Waals surface area contributed by atoms with E-state index in [-0.39, 0.29) is 5.91 Å². The van der Waals surface area contributed by atoms with Crippen LogP contribution in [0.15, 0.2) is 97.2 Å². The first-order valence-electron chi connectivity index (χ1n) is 10.7. The first-order chi connectivity index (χ1) is 16.7. The predicted octanol–water partition coefficient (Wildman–Crippen LogP) is 4.94. The maximum absolute atomic E-state index is 12.5. The van der Waals surface area contributed by atoms with Gasteiger partial charge in [-0.2, -0.15) is 10.2 Å². The zero-order chi connectivity index (χ0) is 23.3. The first kappa shape index (κ1) is 20.9. The molecule has 0 spiro atoms. The number of anilines is 2. The van der Waals surface area contributed by atoms with Crippen molar-refractivity contribution in [3.05, 3.63) is 114 Å². The summed E-state index contributed by atoms with van der Waals surface area (Å²) >= 11 is 0. The van der Waals surface area contributed by atoms with E-state index >= 15 is 0 Å². The fourth-order valence-corrected chi connectivity index (χ4v) is 3.61. The molecule has 2 heterocycles. The number of benzene rings is 3. The van der Waals surface area contributed by atoms with Gasteiger partial charge in [0.1, 0.15) is 6.07 Å². The van der Waals surface area contributed by atoms with Crippen LogP contribution in [-0.2, 0) is 6.54 Å². The van der Waals surface area contributed by atoms with E-state index in [1.165, 1.54) is 0 Å². The van der Waals surface area contributed by atoms with E-state index < -0.39 is 0 Å². The lowest BCUT2D eigenvalue weighted by Gasteiger charge is -2.07. The van der Waals surface area contributed by atoms with Crippen molar-refractivity contribution in [2.24, 2.45) is 0 Å². The summed E-state index contributed by atoms with van der Waals surface area (Å²) in [5, 5.41) is 19.8. The van der Waals surface area contributed by atoms with Crippen molar-refractivity contribution >= 4 is 23.2 Å². The van der Waals surface area contributed by atoms with Crippen LogP contribution < -0.4 is 10.6 Å². The number of hydrogen-bond donors (Lipinski definition) is 2. The number of aromatic nitrogens is 3. The second-order valence-electron chi connectivity index (χ2n) is 7.68. The van der Waals surface area contributed by atoms with Gasteiger partial charge in [-0.05, 0) is 47.5 Å². The third-order valence-electron chi connectivity index (χ3n) is 5.40. The number of amides is 1. The van der Waals surface area contributed by atoms with Crippen LogP contribution in [0.2, 0.25) is 0 Å². The van der Waals surface area contributed by atoms with Crippen molar-refractivity contribution in [3.63, 3.8) is 0 Å². The Morgan fingerprint density at radius 3 is 2.41 bits per heavy atom. The molecule has 0 saturated carbocycles. The van der Waals surface area contributed by atoms with Crippen LogP contribution in [0.4, 0.5) is 11.6 Å². The Hall–Kier alpha value is -4.96. The summed E-state index contributed by atoms with van der Waals surface area (Å²) in [4.78, 5) is 17.0. The normalized spacial score (nSPS) is 10.6. The molecular formula is C27H20N6O. The average Bonchev–Trinajstić information content (AvgIpc) is 3.30. The Bertz CT molecular complexity index is 1500. The topological polar surface area (TPSA) is 95.1 Å². The van der Waals surface area contributed by atoms with Gasteiger partial charge in [0.05, 0.1) is 11.3 Å². The second kappa shape index (κ2) is 9.27.